The van der Waals surface area contributed by atoms with Gasteiger partial charge >= 0.3 is 0 Å². The fraction of sp³-hybridized carbons (Fsp3) is 0.750. The predicted octanol–water partition coefficient (Wildman–Crippen LogP) is 5.43. The number of hydrogen-bond donors (Lipinski definition) is 0. The second kappa shape index (κ2) is 10.9. The van der Waals surface area contributed by atoms with Gasteiger partial charge in [-0.25, -0.2) is 0 Å². The molecule has 0 aromatic heterocycles. The van der Waals surface area contributed by atoms with Crippen LogP contribution in [0.2, 0.25) is 18.1 Å². The van der Waals surface area contributed by atoms with E-state index in [-0.39, 0.29) is 23.2 Å². The van der Waals surface area contributed by atoms with Crippen molar-refractivity contribution in [3.05, 3.63) is 35.9 Å². The lowest BCUT2D eigenvalue weighted by molar-refractivity contribution is -0.108. The first-order valence-electron chi connectivity index (χ1n) is 12.0. The summed E-state index contributed by atoms with van der Waals surface area (Å²) in [5.41, 5.74) is 0.572. The first kappa shape index (κ1) is 27.8. The van der Waals surface area contributed by atoms with Gasteiger partial charge in [0.2, 0.25) is 0 Å². The van der Waals surface area contributed by atoms with Crippen LogP contribution in [0.25, 0.3) is 0 Å². The van der Waals surface area contributed by atoms with Gasteiger partial charge < -0.3 is 18.4 Å². The molecule has 1 aliphatic rings. The molecular weight excluding hydrogens is 438 g/mol. The Morgan fingerprint density at radius 3 is 2.34 bits per heavy atom. The number of rotatable bonds is 11. The van der Waals surface area contributed by atoms with E-state index in [4.69, 9.17) is 18.4 Å². The van der Waals surface area contributed by atoms with Gasteiger partial charge in [0.25, 0.3) is 0 Å². The van der Waals surface area contributed by atoms with E-state index < -0.39 is 21.3 Å². The maximum absolute atomic E-state index is 12.9. The number of benzene rings is 1. The highest BCUT2D eigenvalue weighted by Crippen LogP contribution is 2.49. The van der Waals surface area contributed by atoms with Crippen LogP contribution in [0.1, 0.15) is 53.0 Å². The van der Waals surface area contributed by atoms with Crippen LogP contribution in [0, 0.1) is 0 Å². The Morgan fingerprint density at radius 1 is 1.19 bits per heavy atom. The van der Waals surface area contributed by atoms with Gasteiger partial charge in [-0.3, -0.25) is 4.57 Å². The van der Waals surface area contributed by atoms with Crippen LogP contribution in [-0.4, -0.2) is 59.4 Å². The van der Waals surface area contributed by atoms with E-state index in [0.29, 0.717) is 25.8 Å². The minimum Gasteiger partial charge on any atom is -0.409 e. The van der Waals surface area contributed by atoms with Crippen LogP contribution in [-0.2, 0) is 29.6 Å². The Balaban J connectivity index is 2.34. The van der Waals surface area contributed by atoms with Gasteiger partial charge in [-0.2, -0.15) is 0 Å². The van der Waals surface area contributed by atoms with E-state index in [1.165, 1.54) is 0 Å². The molecule has 0 amide bonds. The van der Waals surface area contributed by atoms with Crippen molar-refractivity contribution in [2.45, 2.75) is 96.0 Å². The van der Waals surface area contributed by atoms with Crippen LogP contribution >= 0.6 is 7.37 Å². The molecule has 182 valence electrons. The highest BCUT2D eigenvalue weighted by molar-refractivity contribution is 7.58. The fourth-order valence-corrected chi connectivity index (χ4v) is 6.93. The Hall–Kier alpha value is -0.428. The van der Waals surface area contributed by atoms with Crippen molar-refractivity contribution < 1.29 is 23.0 Å². The minimum absolute atomic E-state index is 0.0856. The van der Waals surface area contributed by atoms with E-state index in [0.717, 1.165) is 12.0 Å². The molecule has 32 heavy (non-hydrogen) atoms. The molecule has 1 aliphatic heterocycles. The van der Waals surface area contributed by atoms with Gasteiger partial charge in [-0.05, 0) is 43.5 Å². The second-order valence-electron chi connectivity index (χ2n) is 10.7. The molecule has 0 saturated carbocycles. The minimum atomic E-state index is -2.68. The van der Waals surface area contributed by atoms with Crippen LogP contribution < -0.4 is 0 Å². The smallest absolute Gasteiger partial charge is 0.200 e. The van der Waals surface area contributed by atoms with Crippen LogP contribution in [0.15, 0.2) is 30.3 Å². The third-order valence-corrected chi connectivity index (χ3v) is 13.5. The standard InChI is InChI=1S/C24H44BO5PSi/c1-9-24(16-17-31(6,26)28-10-2)21(27-18-19-14-12-11-13-15-19)20(22(25)29-24)30-32(7,8)23(3,4)5/h11-15,20-22H,9-10,16-18,25H2,1-8H3/t20?,21-,22-,24-,31?/m1/s1. The van der Waals surface area contributed by atoms with E-state index >= 15 is 0 Å². The molecule has 0 N–H and O–H groups in total. The molecule has 5 atom stereocenters. The summed E-state index contributed by atoms with van der Waals surface area (Å²) in [4.78, 5) is 0. The zero-order valence-electron chi connectivity index (χ0n) is 21.6. The predicted molar refractivity (Wildman–Crippen MR) is 138 cm³/mol. The van der Waals surface area contributed by atoms with Gasteiger partial charge in [-0.1, -0.05) is 58.0 Å². The summed E-state index contributed by atoms with van der Waals surface area (Å²) >= 11 is 0. The normalized spacial score (nSPS) is 28.6. The van der Waals surface area contributed by atoms with Crippen LogP contribution in [0.5, 0.6) is 0 Å². The first-order valence-corrected chi connectivity index (χ1v) is 17.2. The van der Waals surface area contributed by atoms with Crippen molar-refractivity contribution in [1.82, 2.24) is 0 Å². The van der Waals surface area contributed by atoms with Crippen molar-refractivity contribution in [1.29, 1.82) is 0 Å². The van der Waals surface area contributed by atoms with Crippen molar-refractivity contribution in [3.63, 3.8) is 0 Å². The third kappa shape index (κ3) is 6.80. The molecule has 1 fully saturated rings. The van der Waals surface area contributed by atoms with E-state index in [1.54, 1.807) is 6.66 Å². The van der Waals surface area contributed by atoms with Crippen molar-refractivity contribution >= 4 is 23.5 Å². The zero-order valence-corrected chi connectivity index (χ0v) is 23.5. The monoisotopic (exact) mass is 482 g/mol. The van der Waals surface area contributed by atoms with Gasteiger partial charge in [0.15, 0.2) is 15.7 Å². The van der Waals surface area contributed by atoms with E-state index in [9.17, 15) is 4.57 Å². The van der Waals surface area contributed by atoms with Gasteiger partial charge in [0, 0.05) is 12.8 Å². The van der Waals surface area contributed by atoms with Crippen molar-refractivity contribution in [2.75, 3.05) is 19.4 Å². The maximum atomic E-state index is 12.9. The largest absolute Gasteiger partial charge is 0.409 e. The lowest BCUT2D eigenvalue weighted by Crippen LogP contribution is -2.52. The molecule has 2 unspecified atom stereocenters. The molecule has 0 aliphatic carbocycles. The van der Waals surface area contributed by atoms with E-state index in [2.05, 4.69) is 60.8 Å². The van der Waals surface area contributed by atoms with Crippen molar-refractivity contribution in [2.24, 2.45) is 0 Å². The molecule has 8 heteroatoms. The topological polar surface area (TPSA) is 54.0 Å². The van der Waals surface area contributed by atoms with Crippen molar-refractivity contribution in [3.8, 4) is 0 Å². The van der Waals surface area contributed by atoms with Crippen LogP contribution in [0.3, 0.4) is 0 Å². The molecule has 2 rings (SSSR count). The van der Waals surface area contributed by atoms with Crippen LogP contribution in [0.4, 0.5) is 0 Å². The molecule has 1 aromatic rings. The van der Waals surface area contributed by atoms with Gasteiger partial charge in [0.1, 0.15) is 14.0 Å². The average Bonchev–Trinajstić information content (AvgIpc) is 2.96. The quantitative estimate of drug-likeness (QED) is 0.311. The Morgan fingerprint density at radius 2 is 1.81 bits per heavy atom. The summed E-state index contributed by atoms with van der Waals surface area (Å²) in [6.45, 7) is 18.0. The number of ether oxygens (including phenoxy) is 2. The summed E-state index contributed by atoms with van der Waals surface area (Å²) in [6.07, 6.45) is 1.46. The molecule has 1 heterocycles. The van der Waals surface area contributed by atoms with E-state index in [1.807, 2.05) is 25.1 Å². The molecular formula is C24H44BO5PSi. The SMILES string of the molecule is B[C@@H]1O[C@](CC)(CCP(C)(=O)OCC)[C@H](OCc2ccccc2)C1O[Si](C)(C)C(C)(C)C. The average molecular weight is 482 g/mol. The molecule has 5 nitrogen and oxygen atoms in total. The summed E-state index contributed by atoms with van der Waals surface area (Å²) in [5.74, 6) is 0. The lowest BCUT2D eigenvalue weighted by Gasteiger charge is -2.41. The molecule has 0 radical (unpaired) electrons. The number of hydrogen-bond acceptors (Lipinski definition) is 5. The van der Waals surface area contributed by atoms with Gasteiger partial charge in [0.05, 0.1) is 30.9 Å². The summed E-state index contributed by atoms with van der Waals surface area (Å²) in [6, 6.07) is 10.1. The Kier molecular flexibility index (Phi) is 9.46. The van der Waals surface area contributed by atoms with Gasteiger partial charge in [-0.15, -0.1) is 0 Å². The Bertz CT molecular complexity index is 769. The summed E-state index contributed by atoms with van der Waals surface area (Å²) < 4.78 is 38.6. The summed E-state index contributed by atoms with van der Waals surface area (Å²) in [5, 5.41) is 0.0856. The fourth-order valence-electron chi connectivity index (χ4n) is 4.12. The molecule has 0 spiro atoms. The molecule has 0 bridgehead atoms. The first-order chi connectivity index (χ1) is 14.8. The maximum Gasteiger partial charge on any atom is 0.200 e. The Labute approximate surface area is 197 Å². The highest BCUT2D eigenvalue weighted by atomic mass is 31.2. The summed E-state index contributed by atoms with van der Waals surface area (Å²) in [7, 11) is -2.64. The highest BCUT2D eigenvalue weighted by Gasteiger charge is 2.56. The molecule has 1 aromatic carbocycles. The second-order valence-corrected chi connectivity index (χ2v) is 18.2. The lowest BCUT2D eigenvalue weighted by atomic mass is 9.86. The zero-order chi connectivity index (χ0) is 24.2. The molecule has 1 saturated heterocycles. The third-order valence-electron chi connectivity index (χ3n) is 7.15.